The van der Waals surface area contributed by atoms with Crippen molar-refractivity contribution in [2.45, 2.75) is 246 Å². The van der Waals surface area contributed by atoms with Crippen LogP contribution in [0.2, 0.25) is 0 Å². The second-order valence-electron chi connectivity index (χ2n) is 22.0. The number of ketones is 1. The molecule has 4 fully saturated rings. The van der Waals surface area contributed by atoms with Gasteiger partial charge in [0.1, 0.15) is 45.4 Å². The fraction of sp³-hybridized carbons (Fsp3) is 0.877. The average Bonchev–Trinajstić information content (AvgIpc) is 3.39. The Hall–Kier alpha value is -3.51. The fourth-order valence-corrected chi connectivity index (χ4v) is 10.4. The zero-order valence-corrected chi connectivity index (χ0v) is 44.4. The van der Waals surface area contributed by atoms with Crippen LogP contribution in [0.1, 0.15) is 246 Å². The van der Waals surface area contributed by atoms with Crippen molar-refractivity contribution in [2.75, 3.05) is 39.6 Å². The maximum atomic E-state index is 12.9. The van der Waals surface area contributed by atoms with Gasteiger partial charge in [-0.05, 0) is 76.0 Å². The molecule has 0 aromatic carbocycles. The first-order chi connectivity index (χ1) is 33.8. The summed E-state index contributed by atoms with van der Waals surface area (Å²) in [6, 6.07) is 0. The standard InChI is InChI=1S/C55H90O13.C2H6/c1-54(39-65-50(59)33-29-43-17-7-3-8-18-43,40-66-51(60)34-30-44-19-9-4-10-20-44)37-63-48(57)27-15-25-47(56)26-16-28-49(58)64-38-55(2,41-67-52(61)35-31-45-21-11-5-12-22-45)42-68-53(62)36-32-46-23-13-6-14-24-46;1-2/h43-46H,3-42H2,1-2H3;1-2H3. The lowest BCUT2D eigenvalue weighted by Gasteiger charge is -2.28. The summed E-state index contributed by atoms with van der Waals surface area (Å²) in [5, 5.41) is 0. The highest BCUT2D eigenvalue weighted by Crippen LogP contribution is 2.31. The van der Waals surface area contributed by atoms with E-state index in [1.54, 1.807) is 13.8 Å². The van der Waals surface area contributed by atoms with Crippen molar-refractivity contribution >= 4 is 41.6 Å². The van der Waals surface area contributed by atoms with Gasteiger partial charge in [-0.2, -0.15) is 0 Å². The SMILES string of the molecule is CC.CC(COC(=O)CCCC(=O)CCCC(=O)OCC(C)(COC(=O)CCC1CCCCC1)COC(=O)CCC1CCCCC1)(COC(=O)CCC1CCCCC1)COC(=O)CCC1CCCCC1. The topological polar surface area (TPSA) is 175 Å². The Balaban J connectivity index is 0.00000639. The summed E-state index contributed by atoms with van der Waals surface area (Å²) in [7, 11) is 0. The number of carbonyl (C=O) groups excluding carboxylic acids is 7. The number of hydrogen-bond donors (Lipinski definition) is 0. The van der Waals surface area contributed by atoms with Crippen LogP contribution in [0, 0.1) is 34.5 Å². The molecular weight excluding hydrogens is 893 g/mol. The third-order valence-electron chi connectivity index (χ3n) is 15.1. The molecule has 402 valence electrons. The van der Waals surface area contributed by atoms with Gasteiger partial charge in [-0.25, -0.2) is 0 Å². The van der Waals surface area contributed by atoms with Crippen LogP contribution in [-0.4, -0.2) is 81.2 Å². The lowest BCUT2D eigenvalue weighted by atomic mass is 9.86. The molecule has 0 atom stereocenters. The van der Waals surface area contributed by atoms with Gasteiger partial charge in [0.25, 0.3) is 0 Å². The van der Waals surface area contributed by atoms with Crippen molar-refractivity contribution in [3.8, 4) is 0 Å². The average molecular weight is 989 g/mol. The number of hydrogen-bond acceptors (Lipinski definition) is 13. The van der Waals surface area contributed by atoms with E-state index in [2.05, 4.69) is 0 Å². The normalized spacial score (nSPS) is 17.6. The second kappa shape index (κ2) is 35.6. The van der Waals surface area contributed by atoms with E-state index in [1.165, 1.54) is 77.0 Å². The number of ether oxygens (including phenoxy) is 6. The van der Waals surface area contributed by atoms with E-state index in [1.807, 2.05) is 13.8 Å². The van der Waals surface area contributed by atoms with Crippen molar-refractivity contribution in [3.63, 3.8) is 0 Å². The van der Waals surface area contributed by atoms with E-state index in [-0.39, 0.29) is 108 Å². The van der Waals surface area contributed by atoms with Gasteiger partial charge in [0.05, 0.1) is 10.8 Å². The molecule has 0 unspecified atom stereocenters. The van der Waals surface area contributed by atoms with Crippen molar-refractivity contribution in [1.29, 1.82) is 0 Å². The van der Waals surface area contributed by atoms with Gasteiger partial charge in [0.2, 0.25) is 0 Å². The predicted octanol–water partition coefficient (Wildman–Crippen LogP) is 12.6. The molecule has 0 saturated heterocycles. The van der Waals surface area contributed by atoms with Gasteiger partial charge >= 0.3 is 35.8 Å². The van der Waals surface area contributed by atoms with E-state index in [0.29, 0.717) is 49.4 Å². The zero-order chi connectivity index (χ0) is 50.9. The van der Waals surface area contributed by atoms with Crippen LogP contribution >= 0.6 is 0 Å². The Morgan fingerprint density at radius 3 is 0.729 bits per heavy atom. The largest absolute Gasteiger partial charge is 0.465 e. The molecule has 0 heterocycles. The summed E-state index contributed by atoms with van der Waals surface area (Å²) in [4.78, 5) is 89.5. The highest BCUT2D eigenvalue weighted by molar-refractivity contribution is 5.80. The number of carbonyl (C=O) groups is 7. The molecule has 0 aromatic heterocycles. The Labute approximate surface area is 422 Å². The van der Waals surface area contributed by atoms with Crippen molar-refractivity contribution < 1.29 is 62.0 Å². The fourth-order valence-electron chi connectivity index (χ4n) is 10.4. The molecule has 0 radical (unpaired) electrons. The van der Waals surface area contributed by atoms with Crippen LogP contribution in [0.3, 0.4) is 0 Å². The lowest BCUT2D eigenvalue weighted by molar-refractivity contribution is -0.163. The van der Waals surface area contributed by atoms with Gasteiger partial charge < -0.3 is 28.4 Å². The zero-order valence-electron chi connectivity index (χ0n) is 44.4. The van der Waals surface area contributed by atoms with Crippen molar-refractivity contribution in [2.24, 2.45) is 34.5 Å². The Kier molecular flexibility index (Phi) is 30.9. The molecule has 4 rings (SSSR count). The maximum absolute atomic E-state index is 12.9. The van der Waals surface area contributed by atoms with E-state index in [0.717, 1.165) is 77.0 Å². The van der Waals surface area contributed by atoms with Crippen molar-refractivity contribution in [1.82, 2.24) is 0 Å². The molecular formula is C57H96O13. The molecule has 0 N–H and O–H groups in total. The Morgan fingerprint density at radius 2 is 0.514 bits per heavy atom. The molecule has 4 aliphatic carbocycles. The molecule has 4 saturated carbocycles. The molecule has 0 aromatic rings. The second-order valence-corrected chi connectivity index (χ2v) is 22.0. The highest BCUT2D eigenvalue weighted by atomic mass is 16.6. The van der Waals surface area contributed by atoms with Crippen LogP contribution in [0.5, 0.6) is 0 Å². The van der Waals surface area contributed by atoms with Crippen LogP contribution in [-0.2, 0) is 62.0 Å². The van der Waals surface area contributed by atoms with Gasteiger partial charge in [-0.15, -0.1) is 0 Å². The molecule has 0 amide bonds. The maximum Gasteiger partial charge on any atom is 0.305 e. The van der Waals surface area contributed by atoms with Crippen molar-refractivity contribution in [3.05, 3.63) is 0 Å². The summed E-state index contributed by atoms with van der Waals surface area (Å²) >= 11 is 0. The van der Waals surface area contributed by atoms with Gasteiger partial charge in [-0.3, -0.25) is 33.6 Å². The van der Waals surface area contributed by atoms with E-state index in [4.69, 9.17) is 28.4 Å². The Morgan fingerprint density at radius 1 is 0.314 bits per heavy atom. The third kappa shape index (κ3) is 27.9. The molecule has 70 heavy (non-hydrogen) atoms. The van der Waals surface area contributed by atoms with Crippen LogP contribution in [0.15, 0.2) is 0 Å². The number of Topliss-reactive ketones (excluding diaryl/α,β-unsaturated/α-hetero) is 1. The Bertz CT molecular complexity index is 1330. The summed E-state index contributed by atoms with van der Waals surface area (Å²) in [5.41, 5.74) is -1.87. The van der Waals surface area contributed by atoms with E-state index >= 15 is 0 Å². The predicted molar refractivity (Wildman–Crippen MR) is 269 cm³/mol. The first kappa shape index (κ1) is 60.8. The van der Waals surface area contributed by atoms with Crippen LogP contribution in [0.4, 0.5) is 0 Å². The third-order valence-corrected chi connectivity index (χ3v) is 15.1. The minimum atomic E-state index is -0.935. The molecule has 0 aliphatic heterocycles. The summed E-state index contributed by atoms with van der Waals surface area (Å²) in [6.45, 7) is 7.11. The van der Waals surface area contributed by atoms with Crippen LogP contribution < -0.4 is 0 Å². The minimum absolute atomic E-state index is 0.00110. The molecule has 0 bridgehead atoms. The monoisotopic (exact) mass is 989 g/mol. The first-order valence-electron chi connectivity index (χ1n) is 28.2. The van der Waals surface area contributed by atoms with E-state index in [9.17, 15) is 33.6 Å². The smallest absolute Gasteiger partial charge is 0.305 e. The van der Waals surface area contributed by atoms with Gasteiger partial charge in [-0.1, -0.05) is 142 Å². The minimum Gasteiger partial charge on any atom is -0.465 e. The number of rotatable bonds is 32. The quantitative estimate of drug-likeness (QED) is 0.0460. The molecule has 4 aliphatic rings. The highest BCUT2D eigenvalue weighted by Gasteiger charge is 2.33. The summed E-state index contributed by atoms with van der Waals surface area (Å²) < 4.78 is 33.9. The summed E-state index contributed by atoms with van der Waals surface area (Å²) in [6.07, 6.45) is 29.0. The molecule has 13 heteroatoms. The molecule has 13 nitrogen and oxygen atoms in total. The number of esters is 6. The van der Waals surface area contributed by atoms with E-state index < -0.39 is 22.8 Å². The molecule has 0 spiro atoms. The lowest BCUT2D eigenvalue weighted by Crippen LogP contribution is -2.37. The van der Waals surface area contributed by atoms with Crippen LogP contribution in [0.25, 0.3) is 0 Å². The first-order valence-corrected chi connectivity index (χ1v) is 28.2. The summed E-state index contributed by atoms with van der Waals surface area (Å²) in [5.74, 6) is -0.176. The van der Waals surface area contributed by atoms with Gasteiger partial charge in [0.15, 0.2) is 0 Å². The van der Waals surface area contributed by atoms with Gasteiger partial charge in [0, 0.05) is 51.4 Å².